The summed E-state index contributed by atoms with van der Waals surface area (Å²) in [6, 6.07) is 27.2. The van der Waals surface area contributed by atoms with Crippen LogP contribution in [0.3, 0.4) is 0 Å². The Balaban J connectivity index is 1.37. The first-order valence-electron chi connectivity index (χ1n) is 15.9. The largest absolute Gasteiger partial charge is 0.505 e. The van der Waals surface area contributed by atoms with E-state index in [9.17, 15) is 44.0 Å². The molecule has 0 saturated carbocycles. The molecule has 282 valence electrons. The van der Waals surface area contributed by atoms with Crippen LogP contribution in [-0.4, -0.2) is 44.0 Å². The Morgan fingerprint density at radius 1 is 0.446 bits per heavy atom. The summed E-state index contributed by atoms with van der Waals surface area (Å²) in [6.07, 6.45) is 0. The standard InChI is InChI=1S/C36H25N7O10S3/c37-21-7-6-20-16-34(56(51,52)53)35(36(44)27(20)17-21)43-42-31-13-15-33(29-19-24(55(48,49)50)9-11-26(29)31)41-40-32-14-12-30(39-38-22-4-2-1-3-5-22)25-10-8-23(18-28(25)32)54(45,46)47/h1-19,44H,37H2,(H,45,46,47)(H,48,49,50)(H,51,52,53). The number of hydrogen-bond donors (Lipinski definition) is 5. The van der Waals surface area contributed by atoms with E-state index in [0.717, 1.165) is 18.2 Å². The number of azo groups is 3. The van der Waals surface area contributed by atoms with Crippen LogP contribution < -0.4 is 5.73 Å². The van der Waals surface area contributed by atoms with Gasteiger partial charge in [0.15, 0.2) is 5.75 Å². The molecule has 7 aromatic rings. The van der Waals surface area contributed by atoms with Gasteiger partial charge in [0.05, 0.1) is 38.2 Å². The van der Waals surface area contributed by atoms with Crippen LogP contribution >= 0.6 is 0 Å². The molecule has 0 amide bonds. The lowest BCUT2D eigenvalue weighted by Gasteiger charge is -2.10. The predicted molar refractivity (Wildman–Crippen MR) is 206 cm³/mol. The summed E-state index contributed by atoms with van der Waals surface area (Å²) in [5, 5.41) is 37.4. The number of benzene rings is 7. The molecule has 56 heavy (non-hydrogen) atoms. The number of nitrogens with two attached hydrogens (primary N) is 1. The van der Waals surface area contributed by atoms with E-state index in [1.54, 1.807) is 30.3 Å². The predicted octanol–water partition coefficient (Wildman–Crippen LogP) is 9.42. The third kappa shape index (κ3) is 7.68. The molecule has 0 aromatic heterocycles. The van der Waals surface area contributed by atoms with Gasteiger partial charge in [-0.15, -0.1) is 25.6 Å². The van der Waals surface area contributed by atoms with Gasteiger partial charge in [0, 0.05) is 32.6 Å². The highest BCUT2D eigenvalue weighted by atomic mass is 32.2. The Hall–Kier alpha value is -6.55. The van der Waals surface area contributed by atoms with E-state index >= 15 is 0 Å². The number of aromatic hydroxyl groups is 1. The molecule has 0 aliphatic rings. The van der Waals surface area contributed by atoms with Gasteiger partial charge >= 0.3 is 0 Å². The Bertz CT molecular complexity index is 3200. The first-order chi connectivity index (χ1) is 26.5. The van der Waals surface area contributed by atoms with Crippen molar-refractivity contribution in [2.45, 2.75) is 14.7 Å². The smallest absolute Gasteiger partial charge is 0.296 e. The minimum absolute atomic E-state index is 0.00516. The average molecular weight is 812 g/mol. The van der Waals surface area contributed by atoms with Crippen molar-refractivity contribution < 1.29 is 44.0 Å². The topological polar surface area (TPSA) is 284 Å². The zero-order valence-corrected chi connectivity index (χ0v) is 30.6. The molecule has 0 aliphatic heterocycles. The van der Waals surface area contributed by atoms with Gasteiger partial charge in [-0.1, -0.05) is 36.4 Å². The maximum absolute atomic E-state index is 12.3. The molecule has 0 fully saturated rings. The molecule has 6 N–H and O–H groups in total. The first kappa shape index (κ1) is 37.8. The van der Waals surface area contributed by atoms with Crippen LogP contribution in [-0.2, 0) is 30.4 Å². The van der Waals surface area contributed by atoms with Gasteiger partial charge < -0.3 is 10.8 Å². The van der Waals surface area contributed by atoms with E-state index in [4.69, 9.17) is 5.73 Å². The molecule has 17 nitrogen and oxygen atoms in total. The van der Waals surface area contributed by atoms with Crippen molar-refractivity contribution >= 4 is 102 Å². The highest BCUT2D eigenvalue weighted by Gasteiger charge is 2.23. The van der Waals surface area contributed by atoms with E-state index < -0.39 is 56.5 Å². The molecule has 0 aliphatic carbocycles. The van der Waals surface area contributed by atoms with Crippen molar-refractivity contribution in [1.82, 2.24) is 0 Å². The Kier molecular flexibility index (Phi) is 9.62. The molecule has 0 atom stereocenters. The maximum atomic E-state index is 12.3. The van der Waals surface area contributed by atoms with Crippen molar-refractivity contribution in [2.75, 3.05) is 5.73 Å². The molecular weight excluding hydrogens is 787 g/mol. The summed E-state index contributed by atoms with van der Waals surface area (Å²) in [6.45, 7) is 0. The number of nitrogens with zero attached hydrogens (tertiary/aromatic N) is 6. The van der Waals surface area contributed by atoms with Gasteiger partial charge in [-0.3, -0.25) is 13.7 Å². The molecule has 0 radical (unpaired) electrons. The lowest BCUT2D eigenvalue weighted by molar-refractivity contribution is 0.472. The zero-order chi connectivity index (χ0) is 40.0. The van der Waals surface area contributed by atoms with Crippen molar-refractivity contribution in [3.63, 3.8) is 0 Å². The Morgan fingerprint density at radius 3 is 1.43 bits per heavy atom. The fourth-order valence-electron chi connectivity index (χ4n) is 5.73. The molecule has 20 heteroatoms. The van der Waals surface area contributed by atoms with Crippen molar-refractivity contribution in [1.29, 1.82) is 0 Å². The molecule has 7 aromatic carbocycles. The molecular formula is C36H25N7O10S3. The van der Waals surface area contributed by atoms with Crippen molar-refractivity contribution in [3.05, 3.63) is 115 Å². The Labute approximate surface area is 317 Å². The van der Waals surface area contributed by atoms with Crippen LogP contribution in [0.1, 0.15) is 0 Å². The zero-order valence-electron chi connectivity index (χ0n) is 28.2. The minimum atomic E-state index is -4.94. The van der Waals surface area contributed by atoms with Crippen LogP contribution in [0.4, 0.5) is 39.8 Å². The summed E-state index contributed by atoms with van der Waals surface area (Å²) >= 11 is 0. The minimum Gasteiger partial charge on any atom is -0.505 e. The lowest BCUT2D eigenvalue weighted by Crippen LogP contribution is -1.99. The van der Waals surface area contributed by atoms with E-state index in [1.165, 1.54) is 60.7 Å². The van der Waals surface area contributed by atoms with Gasteiger partial charge in [0.25, 0.3) is 30.4 Å². The molecule has 7 rings (SSSR count). The van der Waals surface area contributed by atoms with Crippen LogP contribution in [0, 0.1) is 0 Å². The number of rotatable bonds is 9. The van der Waals surface area contributed by atoms with Crippen LogP contribution in [0.15, 0.2) is 161 Å². The van der Waals surface area contributed by atoms with Crippen LogP contribution in [0.5, 0.6) is 5.75 Å². The second kappa shape index (κ2) is 14.3. The quantitative estimate of drug-likeness (QED) is 0.0519. The van der Waals surface area contributed by atoms with Crippen molar-refractivity contribution in [3.8, 4) is 5.75 Å². The molecule has 0 heterocycles. The van der Waals surface area contributed by atoms with Gasteiger partial charge in [0.2, 0.25) is 0 Å². The van der Waals surface area contributed by atoms with E-state index in [2.05, 4.69) is 30.7 Å². The van der Waals surface area contributed by atoms with Gasteiger partial charge in [0.1, 0.15) is 10.6 Å². The Morgan fingerprint density at radius 2 is 0.929 bits per heavy atom. The summed E-state index contributed by atoms with van der Waals surface area (Å²) in [4.78, 5) is -1.71. The average Bonchev–Trinajstić information content (AvgIpc) is 3.15. The highest BCUT2D eigenvalue weighted by Crippen LogP contribution is 2.44. The van der Waals surface area contributed by atoms with Crippen molar-refractivity contribution in [2.24, 2.45) is 30.7 Å². The second-order valence-electron chi connectivity index (χ2n) is 12.0. The summed E-state index contributed by atoms with van der Waals surface area (Å²) in [5.74, 6) is -0.647. The van der Waals surface area contributed by atoms with Gasteiger partial charge in [-0.25, -0.2) is 0 Å². The summed E-state index contributed by atoms with van der Waals surface area (Å²) in [7, 11) is -14.3. The maximum Gasteiger partial charge on any atom is 0.296 e. The number of phenols is 1. The fourth-order valence-corrected chi connectivity index (χ4v) is 7.40. The SMILES string of the molecule is Nc1ccc2cc(S(=O)(=O)O)c(N=Nc3ccc(N=Nc4ccc(N=Nc5ccccc5)c5ccc(S(=O)(=O)O)cc45)c4cc(S(=O)(=O)O)ccc34)c(O)c2c1. The molecule has 0 bridgehead atoms. The molecule has 0 unspecified atom stereocenters. The normalized spacial score (nSPS) is 12.9. The number of phenolic OH excluding ortho intramolecular Hbond substituents is 1. The second-order valence-corrected chi connectivity index (χ2v) is 16.3. The third-order valence-electron chi connectivity index (χ3n) is 8.39. The number of hydrogen-bond acceptors (Lipinski definition) is 14. The van der Waals surface area contributed by atoms with E-state index in [1.807, 2.05) is 6.07 Å². The van der Waals surface area contributed by atoms with Crippen LogP contribution in [0.25, 0.3) is 32.3 Å². The first-order valence-corrected chi connectivity index (χ1v) is 20.2. The summed E-state index contributed by atoms with van der Waals surface area (Å²) in [5.41, 5.74) is 6.51. The molecule has 0 saturated heterocycles. The van der Waals surface area contributed by atoms with Gasteiger partial charge in [-0.05, 0) is 84.2 Å². The van der Waals surface area contributed by atoms with Gasteiger partial charge in [-0.2, -0.15) is 30.4 Å². The van der Waals surface area contributed by atoms with Crippen LogP contribution in [0.2, 0.25) is 0 Å². The summed E-state index contributed by atoms with van der Waals surface area (Å²) < 4.78 is 103. The number of anilines is 1. The molecule has 0 spiro atoms. The fraction of sp³-hybridized carbons (Fsp3) is 0. The number of fused-ring (bicyclic) bond motifs is 3. The lowest BCUT2D eigenvalue weighted by atomic mass is 10.1. The van der Waals surface area contributed by atoms with E-state index in [0.29, 0.717) is 16.8 Å². The van der Waals surface area contributed by atoms with E-state index in [-0.39, 0.29) is 49.7 Å². The number of nitrogen functional groups attached to an aromatic ring is 1. The monoisotopic (exact) mass is 811 g/mol. The third-order valence-corrected chi connectivity index (χ3v) is 11.0. The highest BCUT2D eigenvalue weighted by molar-refractivity contribution is 7.86.